The van der Waals surface area contributed by atoms with E-state index < -0.39 is 5.91 Å². The summed E-state index contributed by atoms with van der Waals surface area (Å²) in [5.74, 6) is -0.00656. The minimum absolute atomic E-state index is 0.00527. The molecule has 0 spiro atoms. The van der Waals surface area contributed by atoms with E-state index in [4.69, 9.17) is 8.83 Å². The van der Waals surface area contributed by atoms with Gasteiger partial charge in [-0.15, -0.1) is 5.10 Å². The first kappa shape index (κ1) is 14.2. The Morgan fingerprint density at radius 1 is 1.17 bits per heavy atom. The van der Waals surface area contributed by atoms with E-state index >= 15 is 0 Å². The van der Waals surface area contributed by atoms with E-state index in [9.17, 15) is 4.79 Å². The van der Waals surface area contributed by atoms with Crippen molar-refractivity contribution in [1.29, 1.82) is 0 Å². The van der Waals surface area contributed by atoms with Gasteiger partial charge in [-0.3, -0.25) is 14.8 Å². The Morgan fingerprint density at radius 3 is 2.75 bits per heavy atom. The van der Waals surface area contributed by atoms with Crippen LogP contribution in [0.2, 0.25) is 0 Å². The third-order valence-electron chi connectivity index (χ3n) is 3.52. The monoisotopic (exact) mass is 323 g/mol. The summed E-state index contributed by atoms with van der Waals surface area (Å²) < 4.78 is 12.6. The fraction of sp³-hybridized carbons (Fsp3) is 0.125. The molecule has 120 valence electrons. The Kier molecular flexibility index (Phi) is 3.16. The summed E-state index contributed by atoms with van der Waals surface area (Å²) in [5.41, 5.74) is 2.14. The van der Waals surface area contributed by atoms with Crippen LogP contribution in [0.15, 0.2) is 45.2 Å². The van der Waals surface area contributed by atoms with Crippen LogP contribution in [-0.2, 0) is 7.05 Å². The molecule has 4 aromatic rings. The fourth-order valence-electron chi connectivity index (χ4n) is 2.44. The largest absolute Gasteiger partial charge is 0.451 e. The Morgan fingerprint density at radius 2 is 2.00 bits per heavy atom. The van der Waals surface area contributed by atoms with E-state index in [1.165, 1.54) is 0 Å². The molecule has 0 atom stereocenters. The Balaban J connectivity index is 1.57. The number of carbonyl (C=O) groups excluding carboxylic acids is 1. The standard InChI is InChI=1S/C16H13N5O3/c1-9-7-11(21(2)20-9)15-18-19-16(24-15)17-14(22)13-8-10-5-3-4-6-12(10)23-13/h3-8H,1-2H3,(H,17,19,22). The normalized spacial score (nSPS) is 11.1. The first-order valence-corrected chi connectivity index (χ1v) is 7.24. The van der Waals surface area contributed by atoms with Gasteiger partial charge in [-0.1, -0.05) is 23.3 Å². The molecular weight excluding hydrogens is 310 g/mol. The van der Waals surface area contributed by atoms with Gasteiger partial charge in [0, 0.05) is 12.4 Å². The number of benzene rings is 1. The molecule has 24 heavy (non-hydrogen) atoms. The average molecular weight is 323 g/mol. The van der Waals surface area contributed by atoms with Gasteiger partial charge in [0.2, 0.25) is 0 Å². The number of rotatable bonds is 3. The second-order valence-electron chi connectivity index (χ2n) is 5.31. The molecule has 0 aliphatic heterocycles. The topological polar surface area (TPSA) is 99.0 Å². The highest BCUT2D eigenvalue weighted by molar-refractivity contribution is 6.03. The molecule has 0 unspecified atom stereocenters. The molecule has 0 saturated carbocycles. The van der Waals surface area contributed by atoms with Gasteiger partial charge in [0.15, 0.2) is 5.76 Å². The van der Waals surface area contributed by atoms with Gasteiger partial charge in [-0.2, -0.15) is 5.10 Å². The molecule has 8 heteroatoms. The highest BCUT2D eigenvalue weighted by Crippen LogP contribution is 2.22. The van der Waals surface area contributed by atoms with Gasteiger partial charge in [-0.05, 0) is 25.1 Å². The molecule has 8 nitrogen and oxygen atoms in total. The summed E-state index contributed by atoms with van der Waals surface area (Å²) in [5, 5.41) is 15.4. The van der Waals surface area contributed by atoms with Crippen molar-refractivity contribution in [3.05, 3.63) is 47.9 Å². The van der Waals surface area contributed by atoms with Crippen molar-refractivity contribution in [1.82, 2.24) is 20.0 Å². The van der Waals surface area contributed by atoms with Crippen LogP contribution >= 0.6 is 0 Å². The lowest BCUT2D eigenvalue weighted by Crippen LogP contribution is -2.10. The number of nitrogens with one attached hydrogen (secondary N) is 1. The molecule has 0 aliphatic rings. The summed E-state index contributed by atoms with van der Waals surface area (Å²) >= 11 is 0. The zero-order valence-corrected chi connectivity index (χ0v) is 13.0. The third kappa shape index (κ3) is 2.43. The number of para-hydroxylation sites is 1. The summed E-state index contributed by atoms with van der Waals surface area (Å²) in [6.45, 7) is 1.87. The van der Waals surface area contributed by atoms with E-state index in [2.05, 4.69) is 20.6 Å². The lowest BCUT2D eigenvalue weighted by molar-refractivity contribution is 0.0996. The molecule has 0 radical (unpaired) electrons. The zero-order valence-electron chi connectivity index (χ0n) is 13.0. The smallest absolute Gasteiger partial charge is 0.322 e. The number of nitrogens with zero attached hydrogens (tertiary/aromatic N) is 4. The first-order valence-electron chi connectivity index (χ1n) is 7.24. The number of furan rings is 1. The highest BCUT2D eigenvalue weighted by Gasteiger charge is 2.17. The third-order valence-corrected chi connectivity index (χ3v) is 3.52. The quantitative estimate of drug-likeness (QED) is 0.622. The predicted octanol–water partition coefficient (Wildman–Crippen LogP) is 2.78. The van der Waals surface area contributed by atoms with Crippen molar-refractivity contribution in [2.24, 2.45) is 7.05 Å². The molecule has 0 bridgehead atoms. The number of anilines is 1. The Labute approximate surface area is 136 Å². The second kappa shape index (κ2) is 5.34. The van der Waals surface area contributed by atoms with Gasteiger partial charge in [-0.25, -0.2) is 0 Å². The fourth-order valence-corrected chi connectivity index (χ4v) is 2.44. The molecule has 0 saturated heterocycles. The van der Waals surface area contributed by atoms with Crippen LogP contribution in [0.1, 0.15) is 16.2 Å². The van der Waals surface area contributed by atoms with E-state index in [0.717, 1.165) is 11.1 Å². The first-order chi connectivity index (χ1) is 11.6. The number of fused-ring (bicyclic) bond motifs is 1. The van der Waals surface area contributed by atoms with Gasteiger partial charge < -0.3 is 8.83 Å². The molecule has 3 heterocycles. The van der Waals surface area contributed by atoms with Crippen molar-refractivity contribution < 1.29 is 13.6 Å². The molecule has 1 amide bonds. The van der Waals surface area contributed by atoms with E-state index in [1.54, 1.807) is 23.9 Å². The molecular formula is C16H13N5O3. The van der Waals surface area contributed by atoms with Crippen molar-refractivity contribution >= 4 is 22.9 Å². The molecule has 1 aromatic carbocycles. The zero-order chi connectivity index (χ0) is 16.7. The van der Waals surface area contributed by atoms with Crippen molar-refractivity contribution in [2.45, 2.75) is 6.92 Å². The molecule has 0 fully saturated rings. The van der Waals surface area contributed by atoms with Gasteiger partial charge >= 0.3 is 6.01 Å². The lowest BCUT2D eigenvalue weighted by Gasteiger charge is -1.96. The molecule has 1 N–H and O–H groups in total. The molecule has 4 rings (SSSR count). The van der Waals surface area contributed by atoms with E-state index in [0.29, 0.717) is 11.3 Å². The average Bonchev–Trinajstić information content (AvgIpc) is 3.25. The van der Waals surface area contributed by atoms with Gasteiger partial charge in [0.25, 0.3) is 11.8 Å². The van der Waals surface area contributed by atoms with Gasteiger partial charge in [0.05, 0.1) is 5.69 Å². The highest BCUT2D eigenvalue weighted by atomic mass is 16.4. The number of hydrogen-bond donors (Lipinski definition) is 1. The van der Waals surface area contributed by atoms with Crippen LogP contribution in [0.5, 0.6) is 0 Å². The predicted molar refractivity (Wildman–Crippen MR) is 85.4 cm³/mol. The Bertz CT molecular complexity index is 1010. The van der Waals surface area contributed by atoms with Crippen molar-refractivity contribution in [3.8, 4) is 11.6 Å². The number of hydrogen-bond acceptors (Lipinski definition) is 6. The van der Waals surface area contributed by atoms with Crippen LogP contribution in [0, 0.1) is 6.92 Å². The van der Waals surface area contributed by atoms with Crippen LogP contribution in [0.4, 0.5) is 6.01 Å². The lowest BCUT2D eigenvalue weighted by atomic mass is 10.2. The van der Waals surface area contributed by atoms with Crippen LogP contribution < -0.4 is 5.32 Å². The maximum atomic E-state index is 12.3. The second-order valence-corrected chi connectivity index (χ2v) is 5.31. The summed E-state index contributed by atoms with van der Waals surface area (Å²) in [7, 11) is 1.78. The number of amides is 1. The maximum Gasteiger partial charge on any atom is 0.322 e. The number of aryl methyl sites for hydroxylation is 2. The van der Waals surface area contributed by atoms with Crippen LogP contribution in [0.25, 0.3) is 22.6 Å². The van der Waals surface area contributed by atoms with Gasteiger partial charge in [0.1, 0.15) is 11.3 Å². The minimum atomic E-state index is -0.456. The molecule has 3 aromatic heterocycles. The SMILES string of the molecule is Cc1cc(-c2nnc(NC(=O)c3cc4ccccc4o3)o2)n(C)n1. The summed E-state index contributed by atoms with van der Waals surface area (Å²) in [6, 6.07) is 10.8. The molecule has 0 aliphatic carbocycles. The Hall–Kier alpha value is -3.42. The van der Waals surface area contributed by atoms with Crippen molar-refractivity contribution in [2.75, 3.05) is 5.32 Å². The van der Waals surface area contributed by atoms with Crippen LogP contribution in [0.3, 0.4) is 0 Å². The van der Waals surface area contributed by atoms with E-state index in [-0.39, 0.29) is 17.7 Å². The summed E-state index contributed by atoms with van der Waals surface area (Å²) in [4.78, 5) is 12.3. The van der Waals surface area contributed by atoms with Crippen molar-refractivity contribution in [3.63, 3.8) is 0 Å². The number of carbonyl (C=O) groups is 1. The number of aromatic nitrogens is 4. The minimum Gasteiger partial charge on any atom is -0.451 e. The van der Waals surface area contributed by atoms with Crippen LogP contribution in [-0.4, -0.2) is 25.9 Å². The summed E-state index contributed by atoms with van der Waals surface area (Å²) in [6.07, 6.45) is 0. The van der Waals surface area contributed by atoms with E-state index in [1.807, 2.05) is 31.2 Å². The maximum absolute atomic E-state index is 12.3.